The van der Waals surface area contributed by atoms with Crippen LogP contribution in [0.5, 0.6) is 0 Å². The molecule has 0 saturated heterocycles. The van der Waals surface area contributed by atoms with E-state index in [1.165, 1.54) is 12.6 Å². The first-order valence-corrected chi connectivity index (χ1v) is 6.59. The van der Waals surface area contributed by atoms with Crippen LogP contribution in [-0.2, 0) is 9.59 Å². The summed E-state index contributed by atoms with van der Waals surface area (Å²) >= 11 is 6.05. The van der Waals surface area contributed by atoms with Crippen molar-refractivity contribution in [2.75, 3.05) is 0 Å². The quantitative estimate of drug-likeness (QED) is 0.850. The number of hydrogen-bond donors (Lipinski definition) is 1. The Bertz CT molecular complexity index is 597. The Morgan fingerprint density at radius 1 is 1.25 bits per heavy atom. The van der Waals surface area contributed by atoms with Crippen molar-refractivity contribution in [1.82, 2.24) is 15.5 Å². The molecule has 1 aromatic rings. The first-order chi connectivity index (χ1) is 9.15. The van der Waals surface area contributed by atoms with Crippen molar-refractivity contribution in [3.63, 3.8) is 0 Å². The second kappa shape index (κ2) is 5.89. The van der Waals surface area contributed by atoms with Gasteiger partial charge in [-0.1, -0.05) is 18.0 Å². The third kappa shape index (κ3) is 2.69. The van der Waals surface area contributed by atoms with Gasteiger partial charge in [0, 0.05) is 6.20 Å². The lowest BCUT2D eigenvalue weighted by atomic mass is 9.80. The fourth-order valence-electron chi connectivity index (χ4n) is 2.27. The summed E-state index contributed by atoms with van der Waals surface area (Å²) in [6.45, 7) is 0. The minimum absolute atomic E-state index is 0. The summed E-state index contributed by atoms with van der Waals surface area (Å²) in [4.78, 5) is 22.9. The SMILES string of the molecule is Cl.O=C1CC(=O)C(c2cc(C3CCC3)c(Cl)nn2)=CN1. The predicted octanol–water partition coefficient (Wildman–Crippen LogP) is 2.25. The van der Waals surface area contributed by atoms with Gasteiger partial charge in [-0.3, -0.25) is 9.59 Å². The maximum Gasteiger partial charge on any atom is 0.231 e. The Kier molecular flexibility index (Phi) is 4.40. The number of ketones is 1. The van der Waals surface area contributed by atoms with Crippen LogP contribution in [0, 0.1) is 0 Å². The van der Waals surface area contributed by atoms with Gasteiger partial charge < -0.3 is 5.32 Å². The molecular weight excluding hydrogens is 301 g/mol. The van der Waals surface area contributed by atoms with Crippen molar-refractivity contribution in [2.45, 2.75) is 31.6 Å². The molecule has 2 heterocycles. The van der Waals surface area contributed by atoms with E-state index < -0.39 is 0 Å². The molecule has 1 aliphatic carbocycles. The number of nitrogens with one attached hydrogen (secondary N) is 1. The lowest BCUT2D eigenvalue weighted by Crippen LogP contribution is -2.27. The number of hydrogen-bond acceptors (Lipinski definition) is 4. The molecule has 0 unspecified atom stereocenters. The van der Waals surface area contributed by atoms with Crippen molar-refractivity contribution < 1.29 is 9.59 Å². The van der Waals surface area contributed by atoms with E-state index in [9.17, 15) is 9.59 Å². The van der Waals surface area contributed by atoms with E-state index >= 15 is 0 Å². The molecule has 0 aromatic carbocycles. The first-order valence-electron chi connectivity index (χ1n) is 6.21. The lowest BCUT2D eigenvalue weighted by molar-refractivity contribution is -0.125. The van der Waals surface area contributed by atoms with E-state index in [1.54, 1.807) is 0 Å². The van der Waals surface area contributed by atoms with E-state index in [0.717, 1.165) is 18.4 Å². The second-order valence-electron chi connectivity index (χ2n) is 4.83. The van der Waals surface area contributed by atoms with Gasteiger partial charge in [0.25, 0.3) is 0 Å². The summed E-state index contributed by atoms with van der Waals surface area (Å²) in [5, 5.41) is 10.8. The van der Waals surface area contributed by atoms with Crippen molar-refractivity contribution in [3.8, 4) is 0 Å². The molecule has 3 rings (SSSR count). The maximum absolute atomic E-state index is 11.8. The molecule has 0 atom stereocenters. The van der Waals surface area contributed by atoms with Crippen LogP contribution in [0.1, 0.15) is 42.9 Å². The number of allylic oxidation sites excluding steroid dienone is 1. The summed E-state index contributed by atoms with van der Waals surface area (Å²) in [6.07, 6.45) is 4.63. The number of halogens is 2. The van der Waals surface area contributed by atoms with Crippen molar-refractivity contribution in [3.05, 3.63) is 28.7 Å². The molecule has 1 aromatic heterocycles. The summed E-state index contributed by atoms with van der Waals surface area (Å²) in [6, 6.07) is 1.82. The van der Waals surface area contributed by atoms with Crippen molar-refractivity contribution in [1.29, 1.82) is 0 Å². The van der Waals surface area contributed by atoms with Crippen LogP contribution in [0.3, 0.4) is 0 Å². The number of aromatic nitrogens is 2. The van der Waals surface area contributed by atoms with Gasteiger partial charge in [0.1, 0.15) is 0 Å². The van der Waals surface area contributed by atoms with Crippen LogP contribution in [0.15, 0.2) is 12.3 Å². The van der Waals surface area contributed by atoms with Gasteiger partial charge in [0.05, 0.1) is 17.7 Å². The molecule has 2 aliphatic rings. The van der Waals surface area contributed by atoms with E-state index in [4.69, 9.17) is 11.6 Å². The normalized spacial score (nSPS) is 18.8. The van der Waals surface area contributed by atoms with E-state index in [1.807, 2.05) is 6.07 Å². The van der Waals surface area contributed by atoms with Crippen molar-refractivity contribution >= 4 is 41.3 Å². The average molecular weight is 314 g/mol. The van der Waals surface area contributed by atoms with Crippen LogP contribution in [-0.4, -0.2) is 21.9 Å². The Labute approximate surface area is 127 Å². The molecule has 1 aliphatic heterocycles. The zero-order valence-electron chi connectivity index (χ0n) is 10.6. The molecule has 1 amide bonds. The Hall–Kier alpha value is -1.46. The molecule has 7 heteroatoms. The highest BCUT2D eigenvalue weighted by Gasteiger charge is 2.26. The summed E-state index contributed by atoms with van der Waals surface area (Å²) in [5.74, 6) is -0.120. The second-order valence-corrected chi connectivity index (χ2v) is 5.19. The minimum Gasteiger partial charge on any atom is -0.331 e. The van der Waals surface area contributed by atoms with Crippen LogP contribution >= 0.6 is 24.0 Å². The van der Waals surface area contributed by atoms with Gasteiger partial charge in [-0.05, 0) is 30.4 Å². The number of nitrogens with zero attached hydrogens (tertiary/aromatic N) is 2. The fraction of sp³-hybridized carbons (Fsp3) is 0.385. The molecular formula is C13H13Cl2N3O2. The summed E-state index contributed by atoms with van der Waals surface area (Å²) in [7, 11) is 0. The smallest absolute Gasteiger partial charge is 0.231 e. The van der Waals surface area contributed by atoms with Crippen LogP contribution in [0.2, 0.25) is 5.15 Å². The molecule has 1 N–H and O–H groups in total. The van der Waals surface area contributed by atoms with Crippen molar-refractivity contribution in [2.24, 2.45) is 0 Å². The average Bonchev–Trinajstić information content (AvgIpc) is 2.30. The Balaban J connectivity index is 0.00000147. The number of carbonyl (C=O) groups is 2. The molecule has 0 radical (unpaired) electrons. The molecule has 1 saturated carbocycles. The van der Waals surface area contributed by atoms with E-state index in [2.05, 4.69) is 15.5 Å². The molecule has 20 heavy (non-hydrogen) atoms. The van der Waals surface area contributed by atoms with Crippen LogP contribution in [0.25, 0.3) is 5.57 Å². The van der Waals surface area contributed by atoms with Gasteiger partial charge in [-0.15, -0.1) is 22.6 Å². The van der Waals surface area contributed by atoms with Gasteiger partial charge in [0.2, 0.25) is 5.91 Å². The highest BCUT2D eigenvalue weighted by molar-refractivity contribution is 6.30. The molecule has 5 nitrogen and oxygen atoms in total. The highest BCUT2D eigenvalue weighted by atomic mass is 35.5. The third-order valence-electron chi connectivity index (χ3n) is 3.60. The van der Waals surface area contributed by atoms with E-state index in [-0.39, 0.29) is 30.5 Å². The van der Waals surface area contributed by atoms with Gasteiger partial charge in [-0.2, -0.15) is 0 Å². The number of rotatable bonds is 2. The molecule has 0 bridgehead atoms. The van der Waals surface area contributed by atoms with Crippen LogP contribution in [0.4, 0.5) is 0 Å². The summed E-state index contributed by atoms with van der Waals surface area (Å²) in [5.41, 5.74) is 1.82. The lowest BCUT2D eigenvalue weighted by Gasteiger charge is -2.26. The third-order valence-corrected chi connectivity index (χ3v) is 3.89. The van der Waals surface area contributed by atoms with Gasteiger partial charge >= 0.3 is 0 Å². The predicted molar refractivity (Wildman–Crippen MR) is 76.6 cm³/mol. The first kappa shape index (κ1) is 14.9. The standard InChI is InChI=1S/C13H12ClN3O2.ClH/c14-13-8(7-2-1-3-7)4-10(16-17-13)9-6-15-12(19)5-11(9)18;/h4,6-7H,1-3,5H2,(H,15,19);1H. The van der Waals surface area contributed by atoms with Gasteiger partial charge in [0.15, 0.2) is 10.9 Å². The van der Waals surface area contributed by atoms with E-state index in [0.29, 0.717) is 22.3 Å². The zero-order chi connectivity index (χ0) is 13.4. The van der Waals surface area contributed by atoms with Gasteiger partial charge in [-0.25, -0.2) is 0 Å². The zero-order valence-corrected chi connectivity index (χ0v) is 12.1. The highest BCUT2D eigenvalue weighted by Crippen LogP contribution is 2.39. The number of carbonyl (C=O) groups excluding carboxylic acids is 2. The Morgan fingerprint density at radius 3 is 2.60 bits per heavy atom. The summed E-state index contributed by atoms with van der Waals surface area (Å²) < 4.78 is 0. The maximum atomic E-state index is 11.8. The van der Waals surface area contributed by atoms with Crippen LogP contribution < -0.4 is 5.32 Å². The largest absolute Gasteiger partial charge is 0.331 e. The fourth-order valence-corrected chi connectivity index (χ4v) is 2.52. The topological polar surface area (TPSA) is 72.0 Å². The Morgan fingerprint density at radius 2 is 2.00 bits per heavy atom. The number of Topliss-reactive ketones (excluding diaryl/α,β-unsaturated/α-hetero) is 1. The number of amides is 1. The molecule has 1 fully saturated rings. The minimum atomic E-state index is -0.296. The molecule has 0 spiro atoms. The molecule has 106 valence electrons. The monoisotopic (exact) mass is 313 g/mol.